The molecule has 0 unspecified atom stereocenters. The van der Waals surface area contributed by atoms with Gasteiger partial charge in [-0.05, 0) is 36.1 Å². The van der Waals surface area contributed by atoms with Crippen molar-refractivity contribution in [2.75, 3.05) is 0 Å². The number of hydrogen-bond donors (Lipinski definition) is 1. The maximum absolute atomic E-state index is 11.9. The number of rotatable bonds is 4. The van der Waals surface area contributed by atoms with Crippen LogP contribution in [0, 0.1) is 0 Å². The Morgan fingerprint density at radius 1 is 1.04 bits per heavy atom. The molecule has 1 aliphatic heterocycles. The van der Waals surface area contributed by atoms with E-state index in [0.29, 0.717) is 12.0 Å². The average molecular weight is 316 g/mol. The fraction of sp³-hybridized carbons (Fsp3) is 0.100. The van der Waals surface area contributed by atoms with Gasteiger partial charge in [-0.2, -0.15) is 0 Å². The van der Waals surface area contributed by atoms with Crippen LogP contribution in [-0.4, -0.2) is 11.6 Å². The summed E-state index contributed by atoms with van der Waals surface area (Å²) in [5.74, 6) is -0.380. The fourth-order valence-corrected chi connectivity index (χ4v) is 3.13. The third-order valence-electron chi connectivity index (χ3n) is 4.24. The molecule has 0 saturated heterocycles. The van der Waals surface area contributed by atoms with Gasteiger partial charge < -0.3 is 10.2 Å². The SMILES string of the molecule is NC(=O)c1oc2cccc3c2c1C(CCc1ccccc1)=NC=C3. The summed E-state index contributed by atoms with van der Waals surface area (Å²) in [6.45, 7) is 0. The maximum atomic E-state index is 11.9. The Kier molecular flexibility index (Phi) is 3.50. The van der Waals surface area contributed by atoms with E-state index in [4.69, 9.17) is 10.2 Å². The zero-order chi connectivity index (χ0) is 16.5. The summed E-state index contributed by atoms with van der Waals surface area (Å²) in [5.41, 5.74) is 9.97. The summed E-state index contributed by atoms with van der Waals surface area (Å²) >= 11 is 0. The molecule has 4 rings (SSSR count). The summed E-state index contributed by atoms with van der Waals surface area (Å²) in [6, 6.07) is 15.9. The highest BCUT2D eigenvalue weighted by Gasteiger charge is 2.24. The first kappa shape index (κ1) is 14.5. The number of carbonyl (C=O) groups is 1. The normalized spacial score (nSPS) is 12.9. The number of furan rings is 1. The Labute approximate surface area is 139 Å². The van der Waals surface area contributed by atoms with Gasteiger partial charge in [0.05, 0.1) is 11.3 Å². The second-order valence-electron chi connectivity index (χ2n) is 5.77. The van der Waals surface area contributed by atoms with Gasteiger partial charge in [-0.1, -0.05) is 42.5 Å². The predicted octanol–water partition coefficient (Wildman–Crippen LogP) is 3.94. The molecule has 24 heavy (non-hydrogen) atoms. The van der Waals surface area contributed by atoms with Gasteiger partial charge >= 0.3 is 0 Å². The predicted molar refractivity (Wildman–Crippen MR) is 95.1 cm³/mol. The van der Waals surface area contributed by atoms with E-state index in [1.165, 1.54) is 5.56 Å². The molecule has 2 aromatic carbocycles. The molecule has 2 N–H and O–H groups in total. The van der Waals surface area contributed by atoms with E-state index in [9.17, 15) is 4.79 Å². The van der Waals surface area contributed by atoms with Gasteiger partial charge in [0.2, 0.25) is 5.76 Å². The molecule has 4 nitrogen and oxygen atoms in total. The van der Waals surface area contributed by atoms with Crippen LogP contribution in [0.15, 0.2) is 64.1 Å². The molecule has 0 saturated carbocycles. The minimum Gasteiger partial charge on any atom is -0.450 e. The van der Waals surface area contributed by atoms with Crippen LogP contribution in [0.1, 0.15) is 33.7 Å². The van der Waals surface area contributed by atoms with Crippen LogP contribution in [-0.2, 0) is 6.42 Å². The van der Waals surface area contributed by atoms with Crippen LogP contribution in [0.5, 0.6) is 0 Å². The van der Waals surface area contributed by atoms with Gasteiger partial charge in [0.25, 0.3) is 5.91 Å². The smallest absolute Gasteiger partial charge is 0.285 e. The molecular weight excluding hydrogens is 300 g/mol. The van der Waals surface area contributed by atoms with Gasteiger partial charge in [0.15, 0.2) is 0 Å². The first-order valence-corrected chi connectivity index (χ1v) is 7.87. The molecule has 0 radical (unpaired) electrons. The lowest BCUT2D eigenvalue weighted by molar-refractivity contribution is 0.0976. The molecule has 1 aromatic heterocycles. The molecular formula is C20H16N2O2. The van der Waals surface area contributed by atoms with Gasteiger partial charge in [-0.25, -0.2) is 0 Å². The van der Waals surface area contributed by atoms with Gasteiger partial charge in [0.1, 0.15) is 5.58 Å². The summed E-state index contributed by atoms with van der Waals surface area (Å²) in [6.07, 6.45) is 5.25. The standard InChI is InChI=1S/C20H16N2O2/c21-20(23)19-18-15(10-9-13-5-2-1-3-6-13)22-12-11-14-7-4-8-16(24-19)17(14)18/h1-8,11-12H,9-10H2,(H2,21,23). The van der Waals surface area contributed by atoms with Gasteiger partial charge in [0, 0.05) is 11.6 Å². The third-order valence-corrected chi connectivity index (χ3v) is 4.24. The van der Waals surface area contributed by atoms with E-state index >= 15 is 0 Å². The third kappa shape index (κ3) is 2.42. The summed E-state index contributed by atoms with van der Waals surface area (Å²) in [7, 11) is 0. The molecule has 0 spiro atoms. The van der Waals surface area contributed by atoms with E-state index < -0.39 is 5.91 Å². The second kappa shape index (κ2) is 5.81. The topological polar surface area (TPSA) is 68.6 Å². The lowest BCUT2D eigenvalue weighted by Gasteiger charge is -2.06. The Morgan fingerprint density at radius 3 is 2.67 bits per heavy atom. The van der Waals surface area contributed by atoms with Crippen molar-refractivity contribution in [3.8, 4) is 0 Å². The number of nitrogens with zero attached hydrogens (tertiary/aromatic N) is 1. The minimum atomic E-state index is -0.568. The number of aliphatic imine (C=N–C) groups is 1. The average Bonchev–Trinajstić information content (AvgIpc) is 2.89. The highest BCUT2D eigenvalue weighted by Crippen LogP contribution is 2.33. The van der Waals surface area contributed by atoms with Crippen molar-refractivity contribution in [2.24, 2.45) is 10.7 Å². The first-order chi connectivity index (χ1) is 11.7. The Morgan fingerprint density at radius 2 is 1.88 bits per heavy atom. The molecule has 1 aliphatic rings. The molecule has 1 amide bonds. The second-order valence-corrected chi connectivity index (χ2v) is 5.77. The molecule has 0 aliphatic carbocycles. The number of amides is 1. The van der Waals surface area contributed by atoms with Crippen molar-refractivity contribution in [3.63, 3.8) is 0 Å². The van der Waals surface area contributed by atoms with Crippen LogP contribution in [0.2, 0.25) is 0 Å². The number of primary amides is 1. The number of hydrogen-bond acceptors (Lipinski definition) is 3. The Balaban J connectivity index is 1.81. The summed E-state index contributed by atoms with van der Waals surface area (Å²) in [4.78, 5) is 16.4. The highest BCUT2D eigenvalue weighted by atomic mass is 16.3. The lowest BCUT2D eigenvalue weighted by Crippen LogP contribution is -2.15. The van der Waals surface area contributed by atoms with Crippen molar-refractivity contribution in [1.29, 1.82) is 0 Å². The molecule has 3 aromatic rings. The van der Waals surface area contributed by atoms with E-state index in [1.807, 2.05) is 42.5 Å². The van der Waals surface area contributed by atoms with E-state index in [0.717, 1.165) is 28.6 Å². The van der Waals surface area contributed by atoms with Crippen LogP contribution in [0.4, 0.5) is 0 Å². The largest absolute Gasteiger partial charge is 0.450 e. The molecule has 0 fully saturated rings. The van der Waals surface area contributed by atoms with E-state index in [-0.39, 0.29) is 5.76 Å². The van der Waals surface area contributed by atoms with Crippen molar-refractivity contribution >= 4 is 28.7 Å². The Bertz CT molecular complexity index is 982. The molecule has 4 heteroatoms. The Hall–Kier alpha value is -3.14. The van der Waals surface area contributed by atoms with Crippen LogP contribution in [0.25, 0.3) is 17.0 Å². The number of benzene rings is 2. The van der Waals surface area contributed by atoms with Crippen LogP contribution >= 0.6 is 0 Å². The zero-order valence-corrected chi connectivity index (χ0v) is 13.0. The van der Waals surface area contributed by atoms with Crippen molar-refractivity contribution < 1.29 is 9.21 Å². The number of nitrogens with two attached hydrogens (primary N) is 1. The van der Waals surface area contributed by atoms with Crippen molar-refractivity contribution in [1.82, 2.24) is 0 Å². The van der Waals surface area contributed by atoms with E-state index in [1.54, 1.807) is 6.20 Å². The maximum Gasteiger partial charge on any atom is 0.285 e. The van der Waals surface area contributed by atoms with Crippen molar-refractivity contribution in [2.45, 2.75) is 12.8 Å². The lowest BCUT2D eigenvalue weighted by atomic mass is 9.97. The molecule has 0 atom stereocenters. The van der Waals surface area contributed by atoms with Crippen molar-refractivity contribution in [3.05, 3.63) is 77.2 Å². The number of aryl methyl sites for hydroxylation is 1. The minimum absolute atomic E-state index is 0.188. The first-order valence-electron chi connectivity index (χ1n) is 7.87. The quantitative estimate of drug-likeness (QED) is 0.792. The zero-order valence-electron chi connectivity index (χ0n) is 13.0. The van der Waals surface area contributed by atoms with Gasteiger partial charge in [-0.15, -0.1) is 0 Å². The molecule has 2 heterocycles. The summed E-state index contributed by atoms with van der Waals surface area (Å²) < 4.78 is 5.72. The van der Waals surface area contributed by atoms with Gasteiger partial charge in [-0.3, -0.25) is 9.79 Å². The number of carbonyl (C=O) groups excluding carboxylic acids is 1. The van der Waals surface area contributed by atoms with Crippen LogP contribution in [0.3, 0.4) is 0 Å². The monoisotopic (exact) mass is 316 g/mol. The molecule has 0 bridgehead atoms. The summed E-state index contributed by atoms with van der Waals surface area (Å²) in [5, 5.41) is 0.909. The highest BCUT2D eigenvalue weighted by molar-refractivity contribution is 6.19. The van der Waals surface area contributed by atoms with E-state index in [2.05, 4.69) is 17.1 Å². The molecule has 118 valence electrons. The van der Waals surface area contributed by atoms with Crippen LogP contribution < -0.4 is 5.73 Å². The fourth-order valence-electron chi connectivity index (χ4n) is 3.13.